The minimum absolute atomic E-state index is 0.0146. The normalized spacial score (nSPS) is 25.8. The fourth-order valence-electron chi connectivity index (χ4n) is 3.59. The monoisotopic (exact) mass is 469 g/mol. The molecule has 0 amide bonds. The highest BCUT2D eigenvalue weighted by atomic mass is 16.6. The number of esters is 2. The highest BCUT2D eigenvalue weighted by molar-refractivity contribution is 5.81. The summed E-state index contributed by atoms with van der Waals surface area (Å²) in [6.45, 7) is 1.49. The van der Waals surface area contributed by atoms with E-state index in [4.69, 9.17) is 24.7 Å². The summed E-state index contributed by atoms with van der Waals surface area (Å²) in [6.07, 6.45) is -2.08. The van der Waals surface area contributed by atoms with Gasteiger partial charge in [-0.3, -0.25) is 14.2 Å². The molecule has 1 unspecified atom stereocenters. The molecule has 0 aromatic carbocycles. The average Bonchev–Trinajstić information content (AvgIpc) is 3.31. The first kappa shape index (κ1) is 24.7. The van der Waals surface area contributed by atoms with Crippen LogP contribution in [0.5, 0.6) is 0 Å². The molecule has 1 aliphatic rings. The van der Waals surface area contributed by atoms with E-state index < -0.39 is 48.7 Å². The highest BCUT2D eigenvalue weighted by Gasteiger charge is 2.56. The average molecular weight is 469 g/mol. The molecule has 2 aromatic heterocycles. The van der Waals surface area contributed by atoms with Crippen LogP contribution in [0.4, 0.5) is 5.82 Å². The van der Waals surface area contributed by atoms with E-state index in [2.05, 4.69) is 15.0 Å². The Kier molecular flexibility index (Phi) is 7.76. The molecule has 1 fully saturated rings. The predicted octanol–water partition coefficient (Wildman–Crippen LogP) is -1.92. The highest BCUT2D eigenvalue weighted by Crippen LogP contribution is 2.38. The summed E-state index contributed by atoms with van der Waals surface area (Å²) in [5.74, 6) is -0.961. The van der Waals surface area contributed by atoms with Crippen molar-refractivity contribution in [2.45, 2.75) is 50.4 Å². The quantitative estimate of drug-likeness (QED) is 0.222. The van der Waals surface area contributed by atoms with Gasteiger partial charge in [0.15, 0.2) is 17.2 Å². The SMILES string of the molecule is CC(=O)OCC(CCOC[C@@]1(n2cnc3c(N)ncnc32)O[C@H](CO)[C@@H](O)[C@H]1O)OC(C)=O. The summed E-state index contributed by atoms with van der Waals surface area (Å²) in [6, 6.07) is 0. The Bertz CT molecular complexity index is 986. The van der Waals surface area contributed by atoms with Crippen LogP contribution >= 0.6 is 0 Å². The molecule has 1 aliphatic heterocycles. The summed E-state index contributed by atoms with van der Waals surface area (Å²) in [7, 11) is 0. The zero-order valence-corrected chi connectivity index (χ0v) is 18.2. The third-order valence-corrected chi connectivity index (χ3v) is 5.17. The van der Waals surface area contributed by atoms with Crippen LogP contribution in [0.2, 0.25) is 0 Å². The lowest BCUT2D eigenvalue weighted by molar-refractivity contribution is -0.183. The van der Waals surface area contributed by atoms with Gasteiger partial charge in [-0.15, -0.1) is 0 Å². The van der Waals surface area contributed by atoms with E-state index in [1.54, 1.807) is 0 Å². The van der Waals surface area contributed by atoms with Crippen molar-refractivity contribution in [1.29, 1.82) is 0 Å². The van der Waals surface area contributed by atoms with Crippen LogP contribution in [0, 0.1) is 0 Å². The molecule has 0 saturated carbocycles. The summed E-state index contributed by atoms with van der Waals surface area (Å²) >= 11 is 0. The van der Waals surface area contributed by atoms with Crippen molar-refractivity contribution in [1.82, 2.24) is 19.5 Å². The zero-order chi connectivity index (χ0) is 24.2. The summed E-state index contributed by atoms with van der Waals surface area (Å²) in [5.41, 5.74) is 4.62. The fraction of sp³-hybridized carbons (Fsp3) is 0.632. The molecule has 0 radical (unpaired) electrons. The number of hydrogen-bond donors (Lipinski definition) is 4. The van der Waals surface area contributed by atoms with Gasteiger partial charge < -0.3 is 40.0 Å². The van der Waals surface area contributed by atoms with Crippen molar-refractivity contribution in [2.24, 2.45) is 0 Å². The number of nitrogens with zero attached hydrogens (tertiary/aromatic N) is 4. The van der Waals surface area contributed by atoms with Crippen molar-refractivity contribution in [3.8, 4) is 0 Å². The minimum Gasteiger partial charge on any atom is -0.462 e. The molecule has 0 bridgehead atoms. The Morgan fingerprint density at radius 2 is 2.03 bits per heavy atom. The van der Waals surface area contributed by atoms with E-state index in [0.717, 1.165) is 0 Å². The maximum absolute atomic E-state index is 11.3. The molecule has 1 saturated heterocycles. The molecule has 0 spiro atoms. The first-order valence-electron chi connectivity index (χ1n) is 10.2. The van der Waals surface area contributed by atoms with Gasteiger partial charge in [-0.2, -0.15) is 0 Å². The van der Waals surface area contributed by atoms with Crippen molar-refractivity contribution in [3.05, 3.63) is 12.7 Å². The van der Waals surface area contributed by atoms with E-state index in [-0.39, 0.29) is 43.2 Å². The van der Waals surface area contributed by atoms with Gasteiger partial charge in [0.25, 0.3) is 0 Å². The Morgan fingerprint density at radius 3 is 2.67 bits per heavy atom. The van der Waals surface area contributed by atoms with E-state index >= 15 is 0 Å². The van der Waals surface area contributed by atoms with Crippen LogP contribution in [0.3, 0.4) is 0 Å². The number of carbonyl (C=O) groups excluding carboxylic acids is 2. The Balaban J connectivity index is 1.79. The maximum Gasteiger partial charge on any atom is 0.303 e. The van der Waals surface area contributed by atoms with E-state index in [9.17, 15) is 24.9 Å². The van der Waals surface area contributed by atoms with Gasteiger partial charge in [-0.1, -0.05) is 0 Å². The van der Waals surface area contributed by atoms with Gasteiger partial charge in [0.05, 0.1) is 26.1 Å². The number of fused-ring (bicyclic) bond motifs is 1. The van der Waals surface area contributed by atoms with E-state index in [1.165, 1.54) is 31.1 Å². The van der Waals surface area contributed by atoms with Gasteiger partial charge >= 0.3 is 11.9 Å². The number of rotatable bonds is 10. The molecule has 3 rings (SSSR count). The van der Waals surface area contributed by atoms with Crippen LogP contribution in [-0.2, 0) is 34.3 Å². The lowest BCUT2D eigenvalue weighted by Gasteiger charge is -2.33. The molecule has 5 atom stereocenters. The second-order valence-electron chi connectivity index (χ2n) is 7.54. The van der Waals surface area contributed by atoms with Crippen LogP contribution in [0.15, 0.2) is 12.7 Å². The molecule has 2 aromatic rings. The van der Waals surface area contributed by atoms with Crippen molar-refractivity contribution in [3.63, 3.8) is 0 Å². The van der Waals surface area contributed by atoms with Gasteiger partial charge in [-0.25, -0.2) is 15.0 Å². The van der Waals surface area contributed by atoms with Crippen LogP contribution in [-0.4, -0.2) is 97.6 Å². The first-order chi connectivity index (χ1) is 15.7. The van der Waals surface area contributed by atoms with Crippen LogP contribution in [0.25, 0.3) is 11.2 Å². The largest absolute Gasteiger partial charge is 0.462 e. The third-order valence-electron chi connectivity index (χ3n) is 5.17. The number of nitrogens with two attached hydrogens (primary N) is 1. The molecular formula is C19H27N5O9. The predicted molar refractivity (Wildman–Crippen MR) is 109 cm³/mol. The van der Waals surface area contributed by atoms with Crippen molar-refractivity contribution < 1.29 is 43.9 Å². The second-order valence-corrected chi connectivity index (χ2v) is 7.54. The fourth-order valence-corrected chi connectivity index (χ4v) is 3.59. The first-order valence-corrected chi connectivity index (χ1v) is 10.2. The van der Waals surface area contributed by atoms with Gasteiger partial charge in [0.1, 0.15) is 42.9 Å². The molecule has 5 N–H and O–H groups in total. The number of hydrogen-bond acceptors (Lipinski definition) is 13. The maximum atomic E-state index is 11.3. The van der Waals surface area contributed by atoms with Gasteiger partial charge in [-0.05, 0) is 0 Å². The number of anilines is 1. The van der Waals surface area contributed by atoms with Crippen LogP contribution < -0.4 is 5.73 Å². The minimum atomic E-state index is -1.70. The Labute approximate surface area is 188 Å². The molecular weight excluding hydrogens is 442 g/mol. The molecule has 14 heteroatoms. The zero-order valence-electron chi connectivity index (χ0n) is 18.2. The van der Waals surface area contributed by atoms with Crippen LogP contribution in [0.1, 0.15) is 20.3 Å². The summed E-state index contributed by atoms with van der Waals surface area (Å²) in [4.78, 5) is 34.5. The second kappa shape index (κ2) is 10.4. The van der Waals surface area contributed by atoms with Crippen molar-refractivity contribution in [2.75, 3.05) is 32.2 Å². The topological polar surface area (TPSA) is 201 Å². The molecule has 182 valence electrons. The number of aliphatic hydroxyl groups is 3. The van der Waals surface area contributed by atoms with E-state index in [1.807, 2.05) is 0 Å². The molecule has 0 aliphatic carbocycles. The lowest BCUT2D eigenvalue weighted by atomic mass is 10.0. The third kappa shape index (κ3) is 5.20. The van der Waals surface area contributed by atoms with Crippen molar-refractivity contribution >= 4 is 28.9 Å². The van der Waals surface area contributed by atoms with Gasteiger partial charge in [0.2, 0.25) is 0 Å². The number of carbonyl (C=O) groups is 2. The molecule has 3 heterocycles. The Hall–Kier alpha value is -2.91. The number of aromatic nitrogens is 4. The standard InChI is InChI=1S/C19H27N5O9/c1-10(26)31-6-12(32-11(2)27)3-4-30-7-19(16(29)15(28)13(5-25)33-19)24-9-23-14-17(20)21-8-22-18(14)24/h8-9,12-13,15-16,25,28-29H,3-7H2,1-2H3,(H2,20,21,22)/t12?,13-,15-,16-,19-/m1/s1. The smallest absolute Gasteiger partial charge is 0.303 e. The van der Waals surface area contributed by atoms with Gasteiger partial charge in [0, 0.05) is 20.3 Å². The summed E-state index contributed by atoms with van der Waals surface area (Å²) < 4.78 is 23.0. The summed E-state index contributed by atoms with van der Waals surface area (Å²) in [5, 5.41) is 30.8. The van der Waals surface area contributed by atoms with E-state index in [0.29, 0.717) is 0 Å². The number of imidazole rings is 1. The lowest BCUT2D eigenvalue weighted by Crippen LogP contribution is -2.49. The number of ether oxygens (including phenoxy) is 4. The molecule has 33 heavy (non-hydrogen) atoms. The Morgan fingerprint density at radius 1 is 1.27 bits per heavy atom. The number of aliphatic hydroxyl groups excluding tert-OH is 3. The number of nitrogen functional groups attached to an aromatic ring is 1. The molecule has 14 nitrogen and oxygen atoms in total.